The summed E-state index contributed by atoms with van der Waals surface area (Å²) in [6, 6.07) is 9.04. The molecule has 0 fully saturated rings. The molecule has 1 unspecified atom stereocenters. The topological polar surface area (TPSA) is 21.3 Å². The van der Waals surface area contributed by atoms with Gasteiger partial charge in [0.25, 0.3) is 0 Å². The minimum Gasteiger partial charge on any atom is -0.488 e. The molecule has 0 aliphatic carbocycles. The molecular formula is C16H25NO. The normalized spacial score (nSPS) is 17.8. The van der Waals surface area contributed by atoms with Crippen molar-refractivity contribution in [1.82, 2.24) is 5.32 Å². The molecule has 1 heterocycles. The van der Waals surface area contributed by atoms with Crippen LogP contribution in [0, 0.1) is 0 Å². The van der Waals surface area contributed by atoms with E-state index >= 15 is 0 Å². The summed E-state index contributed by atoms with van der Waals surface area (Å²) in [4.78, 5) is 0. The first-order chi connectivity index (χ1) is 8.83. The highest BCUT2D eigenvalue weighted by atomic mass is 16.5. The van der Waals surface area contributed by atoms with Crippen molar-refractivity contribution in [2.75, 3.05) is 6.54 Å². The average molecular weight is 247 g/mol. The van der Waals surface area contributed by atoms with Gasteiger partial charge >= 0.3 is 0 Å². The van der Waals surface area contributed by atoms with Gasteiger partial charge in [0.1, 0.15) is 11.9 Å². The first kappa shape index (κ1) is 13.4. The minimum absolute atomic E-state index is 0.318. The molecule has 0 aromatic heterocycles. The van der Waals surface area contributed by atoms with Crippen molar-refractivity contribution in [3.63, 3.8) is 0 Å². The SMILES string of the molecule is CCCC(CCC)NCC1Cc2ccccc2O1. The molecule has 1 atom stereocenters. The fourth-order valence-electron chi connectivity index (χ4n) is 2.71. The van der Waals surface area contributed by atoms with Crippen LogP contribution in [0.1, 0.15) is 45.1 Å². The maximum Gasteiger partial charge on any atom is 0.123 e. The number of hydrogen-bond donors (Lipinski definition) is 1. The van der Waals surface area contributed by atoms with Crippen LogP contribution in [0.5, 0.6) is 5.75 Å². The molecule has 0 spiro atoms. The standard InChI is InChI=1S/C16H25NO/c1-3-7-14(8-4-2)17-12-15-11-13-9-5-6-10-16(13)18-15/h5-6,9-10,14-15,17H,3-4,7-8,11-12H2,1-2H3. The van der Waals surface area contributed by atoms with E-state index in [1.165, 1.54) is 31.2 Å². The predicted octanol–water partition coefficient (Wildman–Crippen LogP) is 3.55. The van der Waals surface area contributed by atoms with Crippen LogP contribution >= 0.6 is 0 Å². The zero-order valence-electron chi connectivity index (χ0n) is 11.6. The van der Waals surface area contributed by atoms with Crippen molar-refractivity contribution in [3.8, 4) is 5.75 Å². The van der Waals surface area contributed by atoms with Gasteiger partial charge in [0.2, 0.25) is 0 Å². The number of ether oxygens (including phenoxy) is 1. The molecule has 2 heteroatoms. The van der Waals surface area contributed by atoms with E-state index in [-0.39, 0.29) is 0 Å². The van der Waals surface area contributed by atoms with E-state index < -0.39 is 0 Å². The van der Waals surface area contributed by atoms with Gasteiger partial charge in [-0.1, -0.05) is 44.9 Å². The van der Waals surface area contributed by atoms with E-state index in [1.807, 2.05) is 6.07 Å². The Hall–Kier alpha value is -1.02. The number of hydrogen-bond acceptors (Lipinski definition) is 2. The van der Waals surface area contributed by atoms with Gasteiger partial charge in [-0.25, -0.2) is 0 Å². The number of benzene rings is 1. The fraction of sp³-hybridized carbons (Fsp3) is 0.625. The largest absolute Gasteiger partial charge is 0.488 e. The third-order valence-electron chi connectivity index (χ3n) is 3.62. The molecule has 2 rings (SSSR count). The number of nitrogens with one attached hydrogen (secondary N) is 1. The molecular weight excluding hydrogens is 222 g/mol. The van der Waals surface area contributed by atoms with Gasteiger partial charge in [-0.2, -0.15) is 0 Å². The van der Waals surface area contributed by atoms with Crippen molar-refractivity contribution in [3.05, 3.63) is 29.8 Å². The monoisotopic (exact) mass is 247 g/mol. The summed E-state index contributed by atoms with van der Waals surface area (Å²) in [5, 5.41) is 3.67. The zero-order valence-corrected chi connectivity index (χ0v) is 11.6. The Morgan fingerprint density at radius 3 is 2.61 bits per heavy atom. The molecule has 1 aromatic rings. The second-order valence-electron chi connectivity index (χ2n) is 5.23. The third kappa shape index (κ3) is 3.49. The Morgan fingerprint density at radius 2 is 1.94 bits per heavy atom. The van der Waals surface area contributed by atoms with Crippen LogP contribution in [0.2, 0.25) is 0 Å². The number of fused-ring (bicyclic) bond motifs is 1. The van der Waals surface area contributed by atoms with Crippen LogP contribution in [0.4, 0.5) is 0 Å². The van der Waals surface area contributed by atoms with Crippen LogP contribution in [0.15, 0.2) is 24.3 Å². The summed E-state index contributed by atoms with van der Waals surface area (Å²) in [5.74, 6) is 1.08. The maximum absolute atomic E-state index is 5.95. The summed E-state index contributed by atoms with van der Waals surface area (Å²) < 4.78 is 5.95. The summed E-state index contributed by atoms with van der Waals surface area (Å²) in [6.45, 7) is 5.48. The van der Waals surface area contributed by atoms with Gasteiger partial charge in [-0.15, -0.1) is 0 Å². The first-order valence-electron chi connectivity index (χ1n) is 7.31. The highest BCUT2D eigenvalue weighted by molar-refractivity contribution is 5.37. The second-order valence-corrected chi connectivity index (χ2v) is 5.23. The van der Waals surface area contributed by atoms with Gasteiger partial charge in [-0.05, 0) is 24.5 Å². The Balaban J connectivity index is 1.78. The first-order valence-corrected chi connectivity index (χ1v) is 7.31. The van der Waals surface area contributed by atoms with Crippen LogP contribution in [0.3, 0.4) is 0 Å². The highest BCUT2D eigenvalue weighted by Crippen LogP contribution is 2.27. The molecule has 18 heavy (non-hydrogen) atoms. The maximum atomic E-state index is 5.95. The lowest BCUT2D eigenvalue weighted by Gasteiger charge is -2.20. The molecule has 100 valence electrons. The van der Waals surface area contributed by atoms with E-state index in [2.05, 4.69) is 37.4 Å². The van der Waals surface area contributed by atoms with Crippen molar-refractivity contribution < 1.29 is 4.74 Å². The van der Waals surface area contributed by atoms with Crippen LogP contribution in [-0.4, -0.2) is 18.7 Å². The molecule has 0 bridgehead atoms. The van der Waals surface area contributed by atoms with E-state index in [4.69, 9.17) is 4.74 Å². The Bertz CT molecular complexity index is 333. The Morgan fingerprint density at radius 1 is 1.22 bits per heavy atom. The highest BCUT2D eigenvalue weighted by Gasteiger charge is 2.22. The molecule has 0 saturated heterocycles. The quantitative estimate of drug-likeness (QED) is 0.795. The molecule has 0 radical (unpaired) electrons. The number of rotatable bonds is 7. The smallest absolute Gasteiger partial charge is 0.123 e. The van der Waals surface area contributed by atoms with Gasteiger partial charge < -0.3 is 10.1 Å². The van der Waals surface area contributed by atoms with Crippen LogP contribution < -0.4 is 10.1 Å². The fourth-order valence-corrected chi connectivity index (χ4v) is 2.71. The van der Waals surface area contributed by atoms with Crippen molar-refractivity contribution in [1.29, 1.82) is 0 Å². The second kappa shape index (κ2) is 6.79. The van der Waals surface area contributed by atoms with Gasteiger partial charge in [0.15, 0.2) is 0 Å². The zero-order chi connectivity index (χ0) is 12.8. The van der Waals surface area contributed by atoms with Crippen molar-refractivity contribution in [2.45, 2.75) is 58.1 Å². The molecule has 1 aliphatic rings. The van der Waals surface area contributed by atoms with E-state index in [0.717, 1.165) is 18.7 Å². The number of para-hydroxylation sites is 1. The summed E-state index contributed by atoms with van der Waals surface area (Å²) in [6.07, 6.45) is 6.42. The molecule has 0 saturated carbocycles. The third-order valence-corrected chi connectivity index (χ3v) is 3.62. The van der Waals surface area contributed by atoms with Gasteiger partial charge in [0, 0.05) is 19.0 Å². The molecule has 1 N–H and O–H groups in total. The molecule has 1 aromatic carbocycles. The average Bonchev–Trinajstić information content (AvgIpc) is 2.79. The molecule has 1 aliphatic heterocycles. The Kier molecular flexibility index (Phi) is 5.06. The predicted molar refractivity (Wildman–Crippen MR) is 76.2 cm³/mol. The molecule has 2 nitrogen and oxygen atoms in total. The van der Waals surface area contributed by atoms with E-state index in [9.17, 15) is 0 Å². The van der Waals surface area contributed by atoms with Gasteiger partial charge in [0.05, 0.1) is 0 Å². The summed E-state index contributed by atoms with van der Waals surface area (Å²) in [7, 11) is 0. The summed E-state index contributed by atoms with van der Waals surface area (Å²) >= 11 is 0. The van der Waals surface area contributed by atoms with Crippen LogP contribution in [0.25, 0.3) is 0 Å². The van der Waals surface area contributed by atoms with E-state index in [0.29, 0.717) is 12.1 Å². The van der Waals surface area contributed by atoms with E-state index in [1.54, 1.807) is 0 Å². The van der Waals surface area contributed by atoms with Crippen molar-refractivity contribution >= 4 is 0 Å². The van der Waals surface area contributed by atoms with Crippen LogP contribution in [-0.2, 0) is 6.42 Å². The van der Waals surface area contributed by atoms with Crippen molar-refractivity contribution in [2.24, 2.45) is 0 Å². The lowest BCUT2D eigenvalue weighted by atomic mass is 10.1. The summed E-state index contributed by atoms with van der Waals surface area (Å²) in [5.41, 5.74) is 1.35. The Labute approximate surface area is 111 Å². The van der Waals surface area contributed by atoms with Gasteiger partial charge in [-0.3, -0.25) is 0 Å². The molecule has 0 amide bonds. The lowest BCUT2D eigenvalue weighted by Crippen LogP contribution is -2.37. The lowest BCUT2D eigenvalue weighted by molar-refractivity contribution is 0.218. The minimum atomic E-state index is 0.318.